The van der Waals surface area contributed by atoms with Gasteiger partial charge >= 0.3 is 0 Å². The molecule has 0 saturated carbocycles. The molecule has 0 aliphatic heterocycles. The van der Waals surface area contributed by atoms with Crippen molar-refractivity contribution in [3.8, 4) is 0 Å². The minimum Gasteiger partial charge on any atom is -0.359 e. The van der Waals surface area contributed by atoms with Crippen molar-refractivity contribution in [2.24, 2.45) is 0 Å². The van der Waals surface area contributed by atoms with Crippen LogP contribution in [0, 0.1) is 0 Å². The van der Waals surface area contributed by atoms with E-state index in [1.54, 1.807) is 0 Å². The molecule has 1 aromatic carbocycles. The normalized spacial score (nSPS) is 11.6. The molecule has 1 heterocycles. The highest BCUT2D eigenvalue weighted by Crippen LogP contribution is 2.26. The first kappa shape index (κ1) is 26.9. The zero-order chi connectivity index (χ0) is 23.0. The quantitative estimate of drug-likeness (QED) is 0.168. The van der Waals surface area contributed by atoms with Gasteiger partial charge in [-0.25, -0.2) is 0 Å². The highest BCUT2D eigenvalue weighted by Gasteiger charge is 2.12. The van der Waals surface area contributed by atoms with E-state index in [9.17, 15) is 4.79 Å². The van der Waals surface area contributed by atoms with Gasteiger partial charge in [0.15, 0.2) is 5.78 Å². The SMILES string of the molecule is CCCCCCCCCN(C)CCCCCCCCCC(=O)c1c[nH]c2c(Cl)cccc12. The molecule has 0 atom stereocenters. The number of para-hydroxylation sites is 1. The fourth-order valence-electron chi connectivity index (χ4n) is 4.48. The maximum Gasteiger partial charge on any atom is 0.165 e. The largest absolute Gasteiger partial charge is 0.359 e. The summed E-state index contributed by atoms with van der Waals surface area (Å²) in [6.07, 6.45) is 20.8. The number of aromatic nitrogens is 1. The average Bonchev–Trinajstić information content (AvgIpc) is 3.23. The smallest absolute Gasteiger partial charge is 0.165 e. The number of carbonyl (C=O) groups is 1. The fraction of sp³-hybridized carbons (Fsp3) is 0.679. The Balaban J connectivity index is 1.42. The van der Waals surface area contributed by atoms with E-state index < -0.39 is 0 Å². The molecular weight excluding hydrogens is 416 g/mol. The third-order valence-electron chi connectivity index (χ3n) is 6.55. The number of unbranched alkanes of at least 4 members (excludes halogenated alkanes) is 12. The standard InChI is InChI=1S/C28H45ClN2O/c1-3-4-5-6-9-12-15-21-31(2)22-16-13-10-7-8-11-14-20-27(32)25-23-30-28-24(25)18-17-19-26(28)29/h17-19,23,30H,3-16,20-22H2,1-2H3. The van der Waals surface area contributed by atoms with Crippen LogP contribution in [0.2, 0.25) is 5.02 Å². The number of ketones is 1. The number of hydrogen-bond acceptors (Lipinski definition) is 2. The molecule has 3 nitrogen and oxygen atoms in total. The van der Waals surface area contributed by atoms with Crippen LogP contribution in [-0.2, 0) is 0 Å². The number of fused-ring (bicyclic) bond motifs is 1. The van der Waals surface area contributed by atoms with Gasteiger partial charge in [0.25, 0.3) is 0 Å². The number of aromatic amines is 1. The number of halogens is 1. The van der Waals surface area contributed by atoms with Crippen LogP contribution >= 0.6 is 11.6 Å². The topological polar surface area (TPSA) is 36.1 Å². The lowest BCUT2D eigenvalue weighted by molar-refractivity contribution is 0.0980. The Morgan fingerprint density at radius 1 is 0.844 bits per heavy atom. The Morgan fingerprint density at radius 3 is 2.03 bits per heavy atom. The summed E-state index contributed by atoms with van der Waals surface area (Å²) in [5.74, 6) is 0.225. The average molecular weight is 461 g/mol. The molecule has 0 amide bonds. The van der Waals surface area contributed by atoms with Crippen LogP contribution in [0.1, 0.15) is 114 Å². The maximum absolute atomic E-state index is 12.6. The molecule has 4 heteroatoms. The molecular formula is C28H45ClN2O. The number of nitrogens with zero attached hydrogens (tertiary/aromatic N) is 1. The molecule has 32 heavy (non-hydrogen) atoms. The highest BCUT2D eigenvalue weighted by molar-refractivity contribution is 6.35. The van der Waals surface area contributed by atoms with Crippen LogP contribution in [0.4, 0.5) is 0 Å². The Hall–Kier alpha value is -1.32. The molecule has 1 aromatic heterocycles. The van der Waals surface area contributed by atoms with Crippen molar-refractivity contribution in [2.75, 3.05) is 20.1 Å². The van der Waals surface area contributed by atoms with E-state index >= 15 is 0 Å². The summed E-state index contributed by atoms with van der Waals surface area (Å²) in [7, 11) is 2.27. The molecule has 0 spiro atoms. The highest BCUT2D eigenvalue weighted by atomic mass is 35.5. The lowest BCUT2D eigenvalue weighted by Gasteiger charge is -2.16. The summed E-state index contributed by atoms with van der Waals surface area (Å²) in [5.41, 5.74) is 1.65. The molecule has 0 saturated heterocycles. The molecule has 2 aromatic rings. The van der Waals surface area contributed by atoms with Crippen LogP contribution < -0.4 is 0 Å². The van der Waals surface area contributed by atoms with Crippen molar-refractivity contribution in [3.63, 3.8) is 0 Å². The van der Waals surface area contributed by atoms with Crippen molar-refractivity contribution in [1.29, 1.82) is 0 Å². The molecule has 0 unspecified atom stereocenters. The van der Waals surface area contributed by atoms with Gasteiger partial charge in [-0.15, -0.1) is 0 Å². The van der Waals surface area contributed by atoms with Crippen molar-refractivity contribution < 1.29 is 4.79 Å². The summed E-state index contributed by atoms with van der Waals surface area (Å²) >= 11 is 6.19. The predicted octanol–water partition coefficient (Wildman–Crippen LogP) is 8.81. The number of rotatable bonds is 19. The first-order valence-corrected chi connectivity index (χ1v) is 13.5. The van der Waals surface area contributed by atoms with Crippen LogP contribution in [0.25, 0.3) is 10.9 Å². The van der Waals surface area contributed by atoms with E-state index in [-0.39, 0.29) is 5.78 Å². The second-order valence-electron chi connectivity index (χ2n) is 9.44. The van der Waals surface area contributed by atoms with Crippen molar-refractivity contribution in [3.05, 3.63) is 35.0 Å². The van der Waals surface area contributed by atoms with Gasteiger partial charge < -0.3 is 9.88 Å². The third kappa shape index (κ3) is 10.1. The van der Waals surface area contributed by atoms with Gasteiger partial charge in [-0.3, -0.25) is 4.79 Å². The Labute approximate surface area is 201 Å². The van der Waals surface area contributed by atoms with E-state index in [1.165, 1.54) is 90.1 Å². The summed E-state index contributed by atoms with van der Waals surface area (Å²) in [4.78, 5) is 18.2. The van der Waals surface area contributed by atoms with Gasteiger partial charge in [-0.2, -0.15) is 0 Å². The van der Waals surface area contributed by atoms with Crippen molar-refractivity contribution in [1.82, 2.24) is 9.88 Å². The number of carbonyl (C=O) groups excluding carboxylic acids is 1. The number of hydrogen-bond donors (Lipinski definition) is 1. The second-order valence-corrected chi connectivity index (χ2v) is 9.84. The van der Waals surface area contributed by atoms with Gasteiger partial charge in [0.2, 0.25) is 0 Å². The maximum atomic E-state index is 12.6. The Morgan fingerprint density at radius 2 is 1.41 bits per heavy atom. The van der Waals surface area contributed by atoms with Crippen LogP contribution in [-0.4, -0.2) is 35.8 Å². The third-order valence-corrected chi connectivity index (χ3v) is 6.87. The molecule has 180 valence electrons. The number of H-pyrrole nitrogens is 1. The minimum absolute atomic E-state index is 0.225. The van der Waals surface area contributed by atoms with Gasteiger partial charge in [-0.05, 0) is 45.5 Å². The van der Waals surface area contributed by atoms with Crippen molar-refractivity contribution in [2.45, 2.75) is 103 Å². The number of Topliss-reactive ketones (excluding diaryl/α,β-unsaturated/α-hetero) is 1. The van der Waals surface area contributed by atoms with Crippen LogP contribution in [0.3, 0.4) is 0 Å². The van der Waals surface area contributed by atoms with Crippen LogP contribution in [0.5, 0.6) is 0 Å². The zero-order valence-electron chi connectivity index (χ0n) is 20.6. The Bertz CT molecular complexity index is 770. The summed E-state index contributed by atoms with van der Waals surface area (Å²) in [5, 5.41) is 1.62. The lowest BCUT2D eigenvalue weighted by Crippen LogP contribution is -2.20. The molecule has 2 rings (SSSR count). The van der Waals surface area contributed by atoms with Gasteiger partial charge in [0, 0.05) is 23.6 Å². The molecule has 0 aliphatic carbocycles. The fourth-order valence-corrected chi connectivity index (χ4v) is 4.71. The monoisotopic (exact) mass is 460 g/mol. The van der Waals surface area contributed by atoms with E-state index in [4.69, 9.17) is 11.6 Å². The summed E-state index contributed by atoms with van der Waals surface area (Å²) in [6, 6.07) is 5.73. The molecule has 0 bridgehead atoms. The predicted molar refractivity (Wildman–Crippen MR) is 140 cm³/mol. The van der Waals surface area contributed by atoms with E-state index in [2.05, 4.69) is 23.9 Å². The van der Waals surface area contributed by atoms with Gasteiger partial charge in [-0.1, -0.05) is 101 Å². The molecule has 0 aliphatic rings. The molecule has 0 radical (unpaired) electrons. The summed E-state index contributed by atoms with van der Waals surface area (Å²) in [6.45, 7) is 4.77. The van der Waals surface area contributed by atoms with E-state index in [0.29, 0.717) is 11.4 Å². The van der Waals surface area contributed by atoms with Gasteiger partial charge in [0.1, 0.15) is 0 Å². The van der Waals surface area contributed by atoms with Crippen molar-refractivity contribution >= 4 is 28.3 Å². The molecule has 0 fully saturated rings. The van der Waals surface area contributed by atoms with Gasteiger partial charge in [0.05, 0.1) is 10.5 Å². The minimum atomic E-state index is 0.225. The van der Waals surface area contributed by atoms with E-state index in [1.807, 2.05) is 24.4 Å². The second kappa shape index (κ2) is 16.3. The Kier molecular flexibility index (Phi) is 13.7. The number of nitrogens with one attached hydrogen (secondary N) is 1. The molecule has 1 N–H and O–H groups in total. The summed E-state index contributed by atoms with van der Waals surface area (Å²) < 4.78 is 0. The lowest BCUT2D eigenvalue weighted by atomic mass is 10.0. The van der Waals surface area contributed by atoms with E-state index in [0.717, 1.165) is 29.3 Å². The first-order chi connectivity index (χ1) is 15.6. The zero-order valence-corrected chi connectivity index (χ0v) is 21.3. The number of benzene rings is 1. The van der Waals surface area contributed by atoms with Crippen LogP contribution in [0.15, 0.2) is 24.4 Å². The first-order valence-electron chi connectivity index (χ1n) is 13.1.